The zero-order chi connectivity index (χ0) is 14.4. The lowest BCUT2D eigenvalue weighted by molar-refractivity contribution is -0.125. The van der Waals surface area contributed by atoms with Gasteiger partial charge in [-0.3, -0.25) is 4.79 Å². The van der Waals surface area contributed by atoms with Gasteiger partial charge in [-0.25, -0.2) is 0 Å². The van der Waals surface area contributed by atoms with Crippen molar-refractivity contribution in [1.82, 2.24) is 5.32 Å². The summed E-state index contributed by atoms with van der Waals surface area (Å²) in [7, 11) is 0. The normalized spacial score (nSPS) is 12.9. The van der Waals surface area contributed by atoms with Gasteiger partial charge in [-0.05, 0) is 25.1 Å². The number of amides is 1. The van der Waals surface area contributed by atoms with Crippen LogP contribution in [0.1, 0.15) is 12.5 Å². The van der Waals surface area contributed by atoms with Crippen molar-refractivity contribution in [3.8, 4) is 11.5 Å². The molecule has 6 heteroatoms. The Morgan fingerprint density at radius 2 is 2.30 bits per heavy atom. The van der Waals surface area contributed by atoms with Gasteiger partial charge in [0.05, 0.1) is 5.71 Å². The molecule has 0 aliphatic carbocycles. The van der Waals surface area contributed by atoms with E-state index in [0.717, 1.165) is 5.56 Å². The maximum Gasteiger partial charge on any atom is 0.261 e. The van der Waals surface area contributed by atoms with Crippen LogP contribution in [0.15, 0.2) is 36.0 Å². The van der Waals surface area contributed by atoms with Gasteiger partial charge in [0.1, 0.15) is 0 Å². The van der Waals surface area contributed by atoms with Crippen molar-refractivity contribution >= 4 is 11.6 Å². The first-order valence-corrected chi connectivity index (χ1v) is 6.15. The van der Waals surface area contributed by atoms with Gasteiger partial charge >= 0.3 is 0 Å². The minimum atomic E-state index is -0.243. The largest absolute Gasteiger partial charge is 0.454 e. The number of carbonyl (C=O) groups is 1. The van der Waals surface area contributed by atoms with Gasteiger partial charge < -0.3 is 19.6 Å². The SMILES string of the molecule is C=CCNC(=O)CO/N=C(/C)c1ccc2c(c1)OCO2. The van der Waals surface area contributed by atoms with E-state index in [1.54, 1.807) is 13.0 Å². The van der Waals surface area contributed by atoms with Crippen LogP contribution in [0.3, 0.4) is 0 Å². The predicted molar refractivity (Wildman–Crippen MR) is 73.9 cm³/mol. The molecule has 0 bridgehead atoms. The molecular weight excluding hydrogens is 260 g/mol. The molecule has 0 fully saturated rings. The van der Waals surface area contributed by atoms with Crippen molar-refractivity contribution in [3.63, 3.8) is 0 Å². The second kappa shape index (κ2) is 6.60. The molecule has 0 spiro atoms. The Kier molecular flexibility index (Phi) is 4.60. The lowest BCUT2D eigenvalue weighted by Crippen LogP contribution is -2.26. The van der Waals surface area contributed by atoms with Gasteiger partial charge in [0.15, 0.2) is 18.1 Å². The van der Waals surface area contributed by atoms with Crippen LogP contribution in [-0.4, -0.2) is 31.6 Å². The molecule has 1 aromatic rings. The first-order valence-electron chi connectivity index (χ1n) is 6.15. The molecule has 20 heavy (non-hydrogen) atoms. The Morgan fingerprint density at radius 1 is 1.50 bits per heavy atom. The second-order valence-electron chi connectivity index (χ2n) is 4.11. The van der Waals surface area contributed by atoms with Crippen LogP contribution in [0.4, 0.5) is 0 Å². The molecule has 1 aliphatic heterocycles. The quantitative estimate of drug-likeness (QED) is 0.485. The molecule has 0 saturated carbocycles. The van der Waals surface area contributed by atoms with Crippen LogP contribution in [-0.2, 0) is 9.63 Å². The summed E-state index contributed by atoms with van der Waals surface area (Å²) >= 11 is 0. The van der Waals surface area contributed by atoms with Crippen LogP contribution in [0, 0.1) is 0 Å². The Hall–Kier alpha value is -2.50. The lowest BCUT2D eigenvalue weighted by atomic mass is 10.1. The molecule has 1 N–H and O–H groups in total. The van der Waals surface area contributed by atoms with E-state index in [2.05, 4.69) is 17.1 Å². The van der Waals surface area contributed by atoms with Crippen molar-refractivity contribution in [2.45, 2.75) is 6.92 Å². The molecule has 0 radical (unpaired) electrons. The number of fused-ring (bicyclic) bond motifs is 1. The van der Waals surface area contributed by atoms with Crippen molar-refractivity contribution in [2.75, 3.05) is 19.9 Å². The standard InChI is InChI=1S/C14H16N2O4/c1-3-6-15-14(17)8-20-16-10(2)11-4-5-12-13(7-11)19-9-18-12/h3-5,7H,1,6,8-9H2,2H3,(H,15,17)/b16-10-. The summed E-state index contributed by atoms with van der Waals surface area (Å²) in [6, 6.07) is 5.49. The van der Waals surface area contributed by atoms with Crippen molar-refractivity contribution in [2.24, 2.45) is 5.16 Å². The third-order valence-corrected chi connectivity index (χ3v) is 2.63. The van der Waals surface area contributed by atoms with E-state index < -0.39 is 0 Å². The number of benzene rings is 1. The molecular formula is C14H16N2O4. The number of rotatable bonds is 6. The molecule has 2 rings (SSSR count). The highest BCUT2D eigenvalue weighted by Crippen LogP contribution is 2.32. The molecule has 1 aliphatic rings. The summed E-state index contributed by atoms with van der Waals surface area (Å²) in [5.41, 5.74) is 1.50. The Bertz CT molecular complexity index is 540. The van der Waals surface area contributed by atoms with E-state index in [1.165, 1.54) is 0 Å². The Balaban J connectivity index is 1.90. The molecule has 0 atom stereocenters. The fourth-order valence-corrected chi connectivity index (χ4v) is 1.60. The fraction of sp³-hybridized carbons (Fsp3) is 0.286. The van der Waals surface area contributed by atoms with Crippen LogP contribution < -0.4 is 14.8 Å². The van der Waals surface area contributed by atoms with Gasteiger partial charge in [0.25, 0.3) is 5.91 Å². The smallest absolute Gasteiger partial charge is 0.261 e. The highest BCUT2D eigenvalue weighted by Gasteiger charge is 2.14. The summed E-state index contributed by atoms with van der Waals surface area (Å²) < 4.78 is 10.5. The molecule has 106 valence electrons. The number of ether oxygens (including phenoxy) is 2. The zero-order valence-electron chi connectivity index (χ0n) is 11.2. The molecule has 0 unspecified atom stereocenters. The number of oxime groups is 1. The van der Waals surface area contributed by atoms with Gasteiger partial charge in [0, 0.05) is 12.1 Å². The number of nitrogens with one attached hydrogen (secondary N) is 1. The zero-order valence-corrected chi connectivity index (χ0v) is 11.2. The average molecular weight is 276 g/mol. The van der Waals surface area contributed by atoms with Crippen molar-refractivity contribution < 1.29 is 19.1 Å². The van der Waals surface area contributed by atoms with Gasteiger partial charge in [0.2, 0.25) is 6.79 Å². The maximum absolute atomic E-state index is 11.3. The number of nitrogens with zero attached hydrogens (tertiary/aromatic N) is 1. The van der Waals surface area contributed by atoms with E-state index in [1.807, 2.05) is 18.2 Å². The molecule has 1 aromatic carbocycles. The summed E-state index contributed by atoms with van der Waals surface area (Å²) in [4.78, 5) is 16.3. The molecule has 6 nitrogen and oxygen atoms in total. The first-order chi connectivity index (χ1) is 9.70. The van der Waals surface area contributed by atoms with Crippen LogP contribution in [0.2, 0.25) is 0 Å². The molecule has 1 amide bonds. The van der Waals surface area contributed by atoms with E-state index >= 15 is 0 Å². The summed E-state index contributed by atoms with van der Waals surface area (Å²) in [5.74, 6) is 1.15. The van der Waals surface area contributed by atoms with Crippen LogP contribution in [0.5, 0.6) is 11.5 Å². The summed E-state index contributed by atoms with van der Waals surface area (Å²) in [5, 5.41) is 6.49. The molecule has 0 aromatic heterocycles. The van der Waals surface area contributed by atoms with E-state index in [0.29, 0.717) is 23.8 Å². The topological polar surface area (TPSA) is 69.2 Å². The van der Waals surface area contributed by atoms with Crippen LogP contribution in [0.25, 0.3) is 0 Å². The monoisotopic (exact) mass is 276 g/mol. The predicted octanol–water partition coefficient (Wildman–Crippen LogP) is 1.46. The Labute approximate surface area is 117 Å². The summed E-state index contributed by atoms with van der Waals surface area (Å²) in [6.07, 6.45) is 1.60. The highest BCUT2D eigenvalue weighted by molar-refractivity contribution is 5.99. The average Bonchev–Trinajstić information content (AvgIpc) is 2.92. The fourth-order valence-electron chi connectivity index (χ4n) is 1.60. The van der Waals surface area contributed by atoms with Crippen molar-refractivity contribution in [1.29, 1.82) is 0 Å². The molecule has 1 heterocycles. The van der Waals surface area contributed by atoms with E-state index in [4.69, 9.17) is 14.3 Å². The number of hydrogen-bond donors (Lipinski definition) is 1. The minimum Gasteiger partial charge on any atom is -0.454 e. The lowest BCUT2D eigenvalue weighted by Gasteiger charge is -2.04. The number of carbonyl (C=O) groups excluding carboxylic acids is 1. The third-order valence-electron chi connectivity index (χ3n) is 2.63. The van der Waals surface area contributed by atoms with Gasteiger partial charge in [-0.15, -0.1) is 6.58 Å². The summed E-state index contributed by atoms with van der Waals surface area (Å²) in [6.45, 7) is 5.81. The minimum absolute atomic E-state index is 0.129. The molecule has 0 saturated heterocycles. The van der Waals surface area contributed by atoms with E-state index in [9.17, 15) is 4.79 Å². The highest BCUT2D eigenvalue weighted by atomic mass is 16.7. The maximum atomic E-state index is 11.3. The van der Waals surface area contributed by atoms with Gasteiger partial charge in [-0.1, -0.05) is 11.2 Å². The first kappa shape index (κ1) is 13.9. The van der Waals surface area contributed by atoms with Gasteiger partial charge in [-0.2, -0.15) is 0 Å². The van der Waals surface area contributed by atoms with E-state index in [-0.39, 0.29) is 19.3 Å². The Morgan fingerprint density at radius 3 is 3.10 bits per heavy atom. The number of hydrogen-bond acceptors (Lipinski definition) is 5. The van der Waals surface area contributed by atoms with Crippen LogP contribution >= 0.6 is 0 Å². The van der Waals surface area contributed by atoms with Crippen molar-refractivity contribution in [3.05, 3.63) is 36.4 Å². The third kappa shape index (κ3) is 3.50. The second-order valence-corrected chi connectivity index (χ2v) is 4.11.